The molecule has 108 valence electrons. The molecule has 1 aromatic carbocycles. The number of aryl methyl sites for hydroxylation is 1. The van der Waals surface area contributed by atoms with E-state index in [9.17, 15) is 0 Å². The van der Waals surface area contributed by atoms with Crippen LogP contribution in [0.3, 0.4) is 0 Å². The Hall–Kier alpha value is -1.84. The summed E-state index contributed by atoms with van der Waals surface area (Å²) in [5.41, 5.74) is 1.22. The number of hydrogen-bond acceptors (Lipinski definition) is 4. The van der Waals surface area contributed by atoms with Crippen molar-refractivity contribution in [2.24, 2.45) is 0 Å². The summed E-state index contributed by atoms with van der Waals surface area (Å²) in [7, 11) is 0. The average molecular weight is 274 g/mol. The molecule has 0 aliphatic rings. The summed E-state index contributed by atoms with van der Waals surface area (Å²) in [6, 6.07) is 8.08. The van der Waals surface area contributed by atoms with Gasteiger partial charge in [0.1, 0.15) is 5.75 Å². The van der Waals surface area contributed by atoms with Crippen molar-refractivity contribution in [2.45, 2.75) is 52.6 Å². The molecule has 2 rings (SSSR count). The molecule has 0 spiro atoms. The second kappa shape index (κ2) is 6.07. The molecule has 2 aromatic rings. The lowest BCUT2D eigenvalue weighted by Gasteiger charge is -2.22. The van der Waals surface area contributed by atoms with Crippen LogP contribution in [-0.2, 0) is 18.4 Å². The molecule has 4 nitrogen and oxygen atoms in total. The Balaban J connectivity index is 2.07. The molecule has 0 aliphatic heterocycles. The highest BCUT2D eigenvalue weighted by Crippen LogP contribution is 2.31. The highest BCUT2D eigenvalue weighted by atomic mass is 16.5. The first kappa shape index (κ1) is 14.6. The second-order valence-electron chi connectivity index (χ2n) is 5.89. The molecular weight excluding hydrogens is 252 g/mol. The molecule has 0 atom stereocenters. The molecule has 20 heavy (non-hydrogen) atoms. The Kier molecular flexibility index (Phi) is 4.42. The fourth-order valence-electron chi connectivity index (χ4n) is 2.02. The van der Waals surface area contributed by atoms with Gasteiger partial charge >= 0.3 is 0 Å². The smallest absolute Gasteiger partial charge is 0.226 e. The van der Waals surface area contributed by atoms with Crippen molar-refractivity contribution < 1.29 is 9.26 Å². The van der Waals surface area contributed by atoms with Crippen molar-refractivity contribution in [2.75, 3.05) is 0 Å². The lowest BCUT2D eigenvalue weighted by molar-refractivity contribution is 0.278. The van der Waals surface area contributed by atoms with Gasteiger partial charge in [-0.25, -0.2) is 0 Å². The van der Waals surface area contributed by atoms with Crippen LogP contribution in [0.5, 0.6) is 5.75 Å². The normalized spacial score (nSPS) is 11.6. The zero-order chi connectivity index (χ0) is 14.6. The molecule has 0 fully saturated rings. The summed E-state index contributed by atoms with van der Waals surface area (Å²) >= 11 is 0. The topological polar surface area (TPSA) is 48.2 Å². The minimum absolute atomic E-state index is 0.0429. The van der Waals surface area contributed by atoms with Crippen LogP contribution in [0.1, 0.15) is 51.4 Å². The summed E-state index contributed by atoms with van der Waals surface area (Å²) in [6.45, 7) is 8.93. The predicted octanol–water partition coefficient (Wildman–Crippen LogP) is 3.90. The van der Waals surface area contributed by atoms with Crippen LogP contribution in [0, 0.1) is 0 Å². The van der Waals surface area contributed by atoms with Gasteiger partial charge in [0.2, 0.25) is 11.7 Å². The summed E-state index contributed by atoms with van der Waals surface area (Å²) in [6.07, 6.45) is 1.81. The third-order valence-corrected chi connectivity index (χ3v) is 3.03. The zero-order valence-electron chi connectivity index (χ0n) is 12.6. The first-order valence-corrected chi connectivity index (χ1v) is 7.04. The van der Waals surface area contributed by atoms with E-state index in [0.29, 0.717) is 18.3 Å². The minimum atomic E-state index is 0.0429. The molecule has 1 heterocycles. The van der Waals surface area contributed by atoms with Crippen molar-refractivity contribution in [3.8, 4) is 5.75 Å². The summed E-state index contributed by atoms with van der Waals surface area (Å²) in [5, 5.41) is 3.93. The van der Waals surface area contributed by atoms with Crippen molar-refractivity contribution in [1.29, 1.82) is 0 Å². The van der Waals surface area contributed by atoms with Crippen LogP contribution in [0.2, 0.25) is 0 Å². The molecule has 0 aliphatic carbocycles. The van der Waals surface area contributed by atoms with Gasteiger partial charge in [-0.3, -0.25) is 0 Å². The van der Waals surface area contributed by atoms with E-state index in [-0.39, 0.29) is 5.41 Å². The molecule has 0 saturated carbocycles. The van der Waals surface area contributed by atoms with Gasteiger partial charge in [0.15, 0.2) is 6.61 Å². The fourth-order valence-corrected chi connectivity index (χ4v) is 2.02. The molecule has 1 aromatic heterocycles. The third-order valence-electron chi connectivity index (χ3n) is 3.03. The van der Waals surface area contributed by atoms with Gasteiger partial charge in [-0.15, -0.1) is 0 Å². The number of nitrogens with zero attached hydrogens (tertiary/aromatic N) is 2. The van der Waals surface area contributed by atoms with Crippen molar-refractivity contribution in [3.05, 3.63) is 41.5 Å². The van der Waals surface area contributed by atoms with Crippen molar-refractivity contribution in [3.63, 3.8) is 0 Å². The van der Waals surface area contributed by atoms with Gasteiger partial charge in [-0.1, -0.05) is 51.1 Å². The van der Waals surface area contributed by atoms with E-state index in [4.69, 9.17) is 9.26 Å². The predicted molar refractivity (Wildman–Crippen MR) is 77.8 cm³/mol. The quantitative estimate of drug-likeness (QED) is 0.829. The van der Waals surface area contributed by atoms with Gasteiger partial charge in [-0.2, -0.15) is 4.98 Å². The highest BCUT2D eigenvalue weighted by Gasteiger charge is 2.18. The van der Waals surface area contributed by atoms with Crippen molar-refractivity contribution in [1.82, 2.24) is 10.1 Å². The lowest BCUT2D eigenvalue weighted by atomic mass is 9.86. The largest absolute Gasteiger partial charge is 0.485 e. The second-order valence-corrected chi connectivity index (χ2v) is 5.89. The summed E-state index contributed by atoms with van der Waals surface area (Å²) < 4.78 is 11.0. The molecule has 0 saturated heterocycles. The number of para-hydroxylation sites is 1. The molecule has 0 bridgehead atoms. The Morgan fingerprint density at radius 3 is 2.65 bits per heavy atom. The van der Waals surface area contributed by atoms with Gasteiger partial charge in [0.25, 0.3) is 0 Å². The van der Waals surface area contributed by atoms with Crippen LogP contribution in [-0.4, -0.2) is 10.1 Å². The van der Waals surface area contributed by atoms with Gasteiger partial charge in [-0.05, 0) is 23.5 Å². The van der Waals surface area contributed by atoms with Crippen LogP contribution in [0.4, 0.5) is 0 Å². The van der Waals surface area contributed by atoms with E-state index >= 15 is 0 Å². The highest BCUT2D eigenvalue weighted by molar-refractivity contribution is 5.38. The molecular formula is C16H22N2O2. The molecule has 0 unspecified atom stereocenters. The van der Waals surface area contributed by atoms with Gasteiger partial charge < -0.3 is 9.26 Å². The first-order chi connectivity index (χ1) is 9.50. The Morgan fingerprint density at radius 2 is 1.95 bits per heavy atom. The summed E-state index contributed by atoms with van der Waals surface area (Å²) in [5.74, 6) is 2.15. The number of hydrogen-bond donors (Lipinski definition) is 0. The standard InChI is InChI=1S/C16H22N2O2/c1-5-8-15-17-14(18-20-15)11-19-13-10-7-6-9-12(13)16(2,3)4/h6-7,9-10H,5,8,11H2,1-4H3. The molecule has 4 heteroatoms. The van der Waals surface area contributed by atoms with Crippen LogP contribution < -0.4 is 4.74 Å². The van der Waals surface area contributed by atoms with E-state index in [2.05, 4.69) is 43.9 Å². The third kappa shape index (κ3) is 3.59. The summed E-state index contributed by atoms with van der Waals surface area (Å²) in [4.78, 5) is 4.30. The van der Waals surface area contributed by atoms with E-state index < -0.39 is 0 Å². The maximum Gasteiger partial charge on any atom is 0.226 e. The van der Waals surface area contributed by atoms with Crippen molar-refractivity contribution >= 4 is 0 Å². The minimum Gasteiger partial charge on any atom is -0.485 e. The maximum atomic E-state index is 5.86. The zero-order valence-corrected chi connectivity index (χ0v) is 12.6. The van der Waals surface area contributed by atoms with Crippen LogP contribution in [0.25, 0.3) is 0 Å². The Labute approximate surface area is 120 Å². The van der Waals surface area contributed by atoms with Gasteiger partial charge in [0, 0.05) is 6.42 Å². The van der Waals surface area contributed by atoms with E-state index in [0.717, 1.165) is 18.6 Å². The Bertz CT molecular complexity index is 556. The fraction of sp³-hybridized carbons (Fsp3) is 0.500. The maximum absolute atomic E-state index is 5.86. The van der Waals surface area contributed by atoms with E-state index in [1.165, 1.54) is 5.56 Å². The SMILES string of the molecule is CCCc1nc(COc2ccccc2C(C)(C)C)no1. The monoisotopic (exact) mass is 274 g/mol. The molecule has 0 amide bonds. The average Bonchev–Trinajstić information content (AvgIpc) is 2.84. The van der Waals surface area contributed by atoms with E-state index in [1.54, 1.807) is 0 Å². The van der Waals surface area contributed by atoms with Crippen LogP contribution in [0.15, 0.2) is 28.8 Å². The van der Waals surface area contributed by atoms with Gasteiger partial charge in [0.05, 0.1) is 0 Å². The number of rotatable bonds is 5. The molecule has 0 N–H and O–H groups in total. The van der Waals surface area contributed by atoms with Crippen LogP contribution >= 0.6 is 0 Å². The Morgan fingerprint density at radius 1 is 1.20 bits per heavy atom. The number of benzene rings is 1. The first-order valence-electron chi connectivity index (χ1n) is 7.04. The molecule has 0 radical (unpaired) electrons. The lowest BCUT2D eigenvalue weighted by Crippen LogP contribution is -2.13. The van der Waals surface area contributed by atoms with E-state index in [1.807, 2.05) is 18.2 Å². The number of aromatic nitrogens is 2. The number of ether oxygens (including phenoxy) is 1.